The van der Waals surface area contributed by atoms with Crippen LogP contribution in [-0.2, 0) is 20.8 Å². The highest BCUT2D eigenvalue weighted by Gasteiger charge is 2.38. The second-order valence-corrected chi connectivity index (χ2v) is 7.93. The van der Waals surface area contributed by atoms with Crippen LogP contribution in [0.2, 0.25) is 0 Å². The summed E-state index contributed by atoms with van der Waals surface area (Å²) in [5.41, 5.74) is -1.93. The first-order chi connectivity index (χ1) is 13.9. The lowest BCUT2D eigenvalue weighted by Gasteiger charge is -2.13. The predicted octanol–water partition coefficient (Wildman–Crippen LogP) is 2.74. The molecule has 0 amide bonds. The molecule has 2 aromatic rings. The smallest absolute Gasteiger partial charge is 0.434 e. The topological polar surface area (TPSA) is 110 Å². The molecule has 0 unspecified atom stereocenters. The molecule has 0 atom stereocenters. The Balaban J connectivity index is 2.06. The van der Waals surface area contributed by atoms with Gasteiger partial charge in [-0.15, -0.1) is 0 Å². The third-order valence-corrected chi connectivity index (χ3v) is 4.73. The monoisotopic (exact) mass is 450 g/mol. The quantitative estimate of drug-likeness (QED) is 0.359. The van der Waals surface area contributed by atoms with Gasteiger partial charge in [-0.05, 0) is 25.1 Å². The Bertz CT molecular complexity index is 1030. The fraction of sp³-hybridized carbons (Fsp3) is 0.353. The van der Waals surface area contributed by atoms with Gasteiger partial charge in [-0.3, -0.25) is 0 Å². The van der Waals surface area contributed by atoms with Crippen molar-refractivity contribution in [1.82, 2.24) is 9.97 Å². The molecule has 2 rings (SSSR count). The number of carbonyl (C=O) groups excluding carboxylic acids is 1. The van der Waals surface area contributed by atoms with Crippen LogP contribution in [-0.4, -0.2) is 50.3 Å². The van der Waals surface area contributed by atoms with Crippen LogP contribution < -0.4 is 10.6 Å². The molecule has 2 N–H and O–H groups in total. The standard InChI is InChI=1S/C17H18F4N4O4S/c1-3-29-15(26)11-9-24-16(25-14(11)17(19,20)21)23-7-6-22-10-4-5-12(18)13(8-10)30(2,27)28/h4-5,8-9,22H,3,6-7H2,1-2H3,(H,23,24,25). The molecule has 0 aliphatic carbocycles. The lowest BCUT2D eigenvalue weighted by atomic mass is 10.2. The second kappa shape index (κ2) is 9.24. The average molecular weight is 450 g/mol. The summed E-state index contributed by atoms with van der Waals surface area (Å²) in [7, 11) is -3.76. The maximum atomic E-state index is 13.6. The molecule has 0 radical (unpaired) electrons. The largest absolute Gasteiger partial charge is 0.462 e. The van der Waals surface area contributed by atoms with Crippen LogP contribution in [0.3, 0.4) is 0 Å². The molecule has 1 heterocycles. The molecule has 0 aliphatic rings. The fourth-order valence-corrected chi connectivity index (χ4v) is 3.08. The zero-order chi connectivity index (χ0) is 22.5. The number of anilines is 2. The normalized spacial score (nSPS) is 11.8. The number of hydrogen-bond donors (Lipinski definition) is 2. The molecule has 13 heteroatoms. The van der Waals surface area contributed by atoms with Gasteiger partial charge >= 0.3 is 12.1 Å². The summed E-state index contributed by atoms with van der Waals surface area (Å²) in [6, 6.07) is 3.41. The number of ether oxygens (including phenoxy) is 1. The second-order valence-electron chi connectivity index (χ2n) is 5.95. The van der Waals surface area contributed by atoms with Gasteiger partial charge in [0.15, 0.2) is 15.5 Å². The summed E-state index contributed by atoms with van der Waals surface area (Å²) in [4.78, 5) is 18.2. The van der Waals surface area contributed by atoms with Gasteiger partial charge in [0, 0.05) is 31.2 Å². The van der Waals surface area contributed by atoms with E-state index in [1.807, 2.05) is 0 Å². The van der Waals surface area contributed by atoms with Crippen molar-refractivity contribution < 1.29 is 35.5 Å². The van der Waals surface area contributed by atoms with E-state index in [0.29, 0.717) is 5.69 Å². The van der Waals surface area contributed by atoms with E-state index in [1.54, 1.807) is 0 Å². The van der Waals surface area contributed by atoms with E-state index < -0.39 is 44.0 Å². The van der Waals surface area contributed by atoms with Crippen molar-refractivity contribution in [3.8, 4) is 0 Å². The minimum atomic E-state index is -4.89. The maximum Gasteiger partial charge on any atom is 0.434 e. The van der Waals surface area contributed by atoms with Crippen LogP contribution in [0.4, 0.5) is 29.2 Å². The summed E-state index contributed by atoms with van der Waals surface area (Å²) < 4.78 is 80.8. The Hall–Kier alpha value is -2.96. The highest BCUT2D eigenvalue weighted by Crippen LogP contribution is 2.31. The van der Waals surface area contributed by atoms with Crippen LogP contribution in [0.5, 0.6) is 0 Å². The summed E-state index contributed by atoms with van der Waals surface area (Å²) in [5.74, 6) is -2.44. The number of carbonyl (C=O) groups is 1. The molecule has 1 aromatic heterocycles. The zero-order valence-corrected chi connectivity index (χ0v) is 16.7. The molecule has 0 spiro atoms. The Morgan fingerprint density at radius 1 is 1.20 bits per heavy atom. The van der Waals surface area contributed by atoms with Crippen molar-refractivity contribution in [2.24, 2.45) is 0 Å². The van der Waals surface area contributed by atoms with Gasteiger partial charge in [0.05, 0.1) is 6.61 Å². The van der Waals surface area contributed by atoms with Crippen molar-refractivity contribution in [3.05, 3.63) is 41.5 Å². The van der Waals surface area contributed by atoms with E-state index in [0.717, 1.165) is 24.6 Å². The Morgan fingerprint density at radius 3 is 2.47 bits per heavy atom. The van der Waals surface area contributed by atoms with E-state index in [-0.39, 0.29) is 25.6 Å². The molecule has 164 valence electrons. The van der Waals surface area contributed by atoms with Gasteiger partial charge in [0.25, 0.3) is 0 Å². The number of halogens is 4. The summed E-state index contributed by atoms with van der Waals surface area (Å²) >= 11 is 0. The number of rotatable bonds is 8. The number of hydrogen-bond acceptors (Lipinski definition) is 8. The number of sulfone groups is 1. The molecule has 0 aliphatic heterocycles. The summed E-state index contributed by atoms with van der Waals surface area (Å²) in [6.45, 7) is 1.52. The highest BCUT2D eigenvalue weighted by atomic mass is 32.2. The Morgan fingerprint density at radius 2 is 1.87 bits per heavy atom. The van der Waals surface area contributed by atoms with Crippen molar-refractivity contribution in [3.63, 3.8) is 0 Å². The molecule has 30 heavy (non-hydrogen) atoms. The molecule has 0 fully saturated rings. The number of nitrogens with zero attached hydrogens (tertiary/aromatic N) is 2. The lowest BCUT2D eigenvalue weighted by molar-refractivity contribution is -0.141. The van der Waals surface area contributed by atoms with Crippen LogP contribution in [0.25, 0.3) is 0 Å². The van der Waals surface area contributed by atoms with Gasteiger partial charge in [0.1, 0.15) is 16.3 Å². The molecule has 1 aromatic carbocycles. The number of alkyl halides is 3. The van der Waals surface area contributed by atoms with Crippen LogP contribution >= 0.6 is 0 Å². The zero-order valence-electron chi connectivity index (χ0n) is 15.9. The van der Waals surface area contributed by atoms with Crippen molar-refractivity contribution in [2.45, 2.75) is 18.0 Å². The van der Waals surface area contributed by atoms with E-state index in [2.05, 4.69) is 25.3 Å². The maximum absolute atomic E-state index is 13.6. The van der Waals surface area contributed by atoms with Crippen LogP contribution in [0.1, 0.15) is 23.0 Å². The van der Waals surface area contributed by atoms with E-state index in [9.17, 15) is 30.8 Å². The van der Waals surface area contributed by atoms with E-state index in [1.165, 1.54) is 13.0 Å². The van der Waals surface area contributed by atoms with Gasteiger partial charge in [-0.1, -0.05) is 0 Å². The van der Waals surface area contributed by atoms with E-state index >= 15 is 0 Å². The van der Waals surface area contributed by atoms with Gasteiger partial charge < -0.3 is 15.4 Å². The van der Waals surface area contributed by atoms with Crippen molar-refractivity contribution in [1.29, 1.82) is 0 Å². The van der Waals surface area contributed by atoms with Gasteiger partial charge in [0.2, 0.25) is 5.95 Å². The molecule has 0 saturated heterocycles. The van der Waals surface area contributed by atoms with Crippen LogP contribution in [0, 0.1) is 5.82 Å². The van der Waals surface area contributed by atoms with E-state index in [4.69, 9.17) is 0 Å². The van der Waals surface area contributed by atoms with Crippen molar-refractivity contribution >= 4 is 27.4 Å². The van der Waals surface area contributed by atoms with Gasteiger partial charge in [-0.25, -0.2) is 27.6 Å². The molecule has 8 nitrogen and oxygen atoms in total. The predicted molar refractivity (Wildman–Crippen MR) is 99.5 cm³/mol. The minimum absolute atomic E-state index is 0.0433. The fourth-order valence-electron chi connectivity index (χ4n) is 2.32. The third kappa shape index (κ3) is 6.02. The molecular weight excluding hydrogens is 432 g/mol. The summed E-state index contributed by atoms with van der Waals surface area (Å²) in [5, 5.41) is 5.35. The summed E-state index contributed by atoms with van der Waals surface area (Å²) in [6.07, 6.45) is -3.30. The molecule has 0 bridgehead atoms. The SMILES string of the molecule is CCOC(=O)c1cnc(NCCNc2ccc(F)c(S(C)(=O)=O)c2)nc1C(F)(F)F. The number of benzene rings is 1. The molecule has 0 saturated carbocycles. The first kappa shape index (κ1) is 23.3. The first-order valence-corrected chi connectivity index (χ1v) is 10.4. The van der Waals surface area contributed by atoms with Crippen molar-refractivity contribution in [2.75, 3.05) is 36.6 Å². The number of esters is 1. The third-order valence-electron chi connectivity index (χ3n) is 3.62. The lowest BCUT2D eigenvalue weighted by Crippen LogP contribution is -2.21. The highest BCUT2D eigenvalue weighted by molar-refractivity contribution is 7.90. The average Bonchev–Trinajstić information content (AvgIpc) is 2.65. The number of aromatic nitrogens is 2. The molecular formula is C17H18F4N4O4S. The first-order valence-electron chi connectivity index (χ1n) is 8.52. The van der Waals surface area contributed by atoms with Crippen LogP contribution in [0.15, 0.2) is 29.3 Å². The Labute approximate surface area is 169 Å². The van der Waals surface area contributed by atoms with Gasteiger partial charge in [-0.2, -0.15) is 13.2 Å². The minimum Gasteiger partial charge on any atom is -0.462 e. The Kier molecular flexibility index (Phi) is 7.18. The number of nitrogens with one attached hydrogen (secondary N) is 2.